The fourth-order valence-corrected chi connectivity index (χ4v) is 3.87. The first-order valence-electron chi connectivity index (χ1n) is 8.13. The van der Waals surface area contributed by atoms with Crippen molar-refractivity contribution in [2.24, 2.45) is 0 Å². The van der Waals surface area contributed by atoms with Gasteiger partial charge in [0, 0.05) is 39.4 Å². The van der Waals surface area contributed by atoms with Crippen LogP contribution < -0.4 is 9.47 Å². The first-order valence-corrected chi connectivity index (χ1v) is 9.57. The molecule has 154 valence electrons. The molecule has 0 radical (unpaired) electrons. The number of nitrogens with zero attached hydrogens (tertiary/aromatic N) is 3. The SMILES string of the molecule is CCN1CCN(S(=O)(=O)c2cnc(OCCOC)c(OC(=O)O)c2)CC1.Cl. The van der Waals surface area contributed by atoms with Gasteiger partial charge < -0.3 is 24.2 Å². The number of aromatic nitrogens is 1. The summed E-state index contributed by atoms with van der Waals surface area (Å²) in [5.41, 5.74) is 0. The zero-order chi connectivity index (χ0) is 19.2. The third-order valence-corrected chi connectivity index (χ3v) is 5.80. The molecular formula is C15H24ClN3O7S. The molecule has 1 aliphatic heterocycles. The maximum Gasteiger partial charge on any atom is 0.511 e. The number of pyridine rings is 1. The number of rotatable bonds is 8. The van der Waals surface area contributed by atoms with Crippen LogP contribution in [0.2, 0.25) is 0 Å². The summed E-state index contributed by atoms with van der Waals surface area (Å²) < 4.78 is 41.7. The highest BCUT2D eigenvalue weighted by Gasteiger charge is 2.29. The fourth-order valence-electron chi connectivity index (χ4n) is 2.49. The van der Waals surface area contributed by atoms with Gasteiger partial charge in [-0.2, -0.15) is 4.31 Å². The van der Waals surface area contributed by atoms with Crippen molar-refractivity contribution in [3.63, 3.8) is 0 Å². The summed E-state index contributed by atoms with van der Waals surface area (Å²) >= 11 is 0. The molecule has 0 saturated carbocycles. The molecule has 0 bridgehead atoms. The maximum atomic E-state index is 12.8. The Balaban J connectivity index is 0.00000364. The largest absolute Gasteiger partial charge is 0.511 e. The van der Waals surface area contributed by atoms with Crippen LogP contribution in [-0.4, -0.2) is 86.9 Å². The van der Waals surface area contributed by atoms with Gasteiger partial charge in [0.1, 0.15) is 11.5 Å². The minimum atomic E-state index is -3.80. The minimum absolute atomic E-state index is 0. The monoisotopic (exact) mass is 425 g/mol. The number of carboxylic acid groups (broad SMARTS) is 1. The Morgan fingerprint density at radius 3 is 2.48 bits per heavy atom. The van der Waals surface area contributed by atoms with Gasteiger partial charge in [-0.3, -0.25) is 0 Å². The molecule has 2 rings (SSSR count). The van der Waals surface area contributed by atoms with E-state index in [2.05, 4.69) is 14.6 Å². The highest BCUT2D eigenvalue weighted by atomic mass is 35.5. The summed E-state index contributed by atoms with van der Waals surface area (Å²) in [5, 5.41) is 8.87. The van der Waals surface area contributed by atoms with E-state index in [1.165, 1.54) is 11.4 Å². The lowest BCUT2D eigenvalue weighted by Crippen LogP contribution is -2.48. The van der Waals surface area contributed by atoms with Crippen LogP contribution in [0.5, 0.6) is 11.6 Å². The van der Waals surface area contributed by atoms with Crippen molar-refractivity contribution in [3.8, 4) is 11.6 Å². The van der Waals surface area contributed by atoms with Crippen LogP contribution in [0.1, 0.15) is 6.92 Å². The van der Waals surface area contributed by atoms with Gasteiger partial charge in [-0.1, -0.05) is 6.92 Å². The van der Waals surface area contributed by atoms with Crippen LogP contribution in [0, 0.1) is 0 Å². The lowest BCUT2D eigenvalue weighted by atomic mass is 10.4. The Morgan fingerprint density at radius 1 is 1.26 bits per heavy atom. The molecule has 1 aliphatic rings. The molecule has 0 unspecified atom stereocenters. The van der Waals surface area contributed by atoms with Gasteiger partial charge in [-0.25, -0.2) is 18.2 Å². The summed E-state index contributed by atoms with van der Waals surface area (Å²) in [6.07, 6.45) is -0.451. The number of hydrogen-bond donors (Lipinski definition) is 1. The Labute approximate surface area is 164 Å². The van der Waals surface area contributed by atoms with Crippen molar-refractivity contribution >= 4 is 28.6 Å². The molecule has 0 amide bonds. The number of likely N-dealkylation sites (N-methyl/N-ethyl adjacent to an activating group) is 1. The number of methoxy groups -OCH3 is 1. The second kappa shape index (κ2) is 10.6. The first kappa shape index (κ1) is 23.4. The summed E-state index contributed by atoms with van der Waals surface area (Å²) in [6.45, 7) is 5.25. The fraction of sp³-hybridized carbons (Fsp3) is 0.600. The van der Waals surface area contributed by atoms with E-state index < -0.39 is 16.2 Å². The van der Waals surface area contributed by atoms with Gasteiger partial charge in [0.2, 0.25) is 10.0 Å². The van der Waals surface area contributed by atoms with Gasteiger partial charge in [0.05, 0.1) is 12.8 Å². The summed E-state index contributed by atoms with van der Waals surface area (Å²) in [5.74, 6) is -0.388. The van der Waals surface area contributed by atoms with Gasteiger partial charge in [-0.05, 0) is 6.54 Å². The number of sulfonamides is 1. The molecule has 1 saturated heterocycles. The van der Waals surface area contributed by atoms with Crippen molar-refractivity contribution in [1.82, 2.24) is 14.2 Å². The second-order valence-electron chi connectivity index (χ2n) is 5.52. The van der Waals surface area contributed by atoms with E-state index in [-0.39, 0.29) is 42.1 Å². The van der Waals surface area contributed by atoms with Crippen molar-refractivity contribution in [2.75, 3.05) is 53.0 Å². The number of piperazine rings is 1. The van der Waals surface area contributed by atoms with Crippen molar-refractivity contribution in [3.05, 3.63) is 12.3 Å². The molecule has 0 atom stereocenters. The first-order chi connectivity index (χ1) is 12.4. The van der Waals surface area contributed by atoms with E-state index in [1.807, 2.05) is 6.92 Å². The zero-order valence-corrected chi connectivity index (χ0v) is 16.8. The van der Waals surface area contributed by atoms with E-state index in [0.29, 0.717) is 26.2 Å². The molecule has 0 aliphatic carbocycles. The molecule has 10 nitrogen and oxygen atoms in total. The predicted molar refractivity (Wildman–Crippen MR) is 98.4 cm³/mol. The summed E-state index contributed by atoms with van der Waals surface area (Å²) in [7, 11) is -2.32. The topological polar surface area (TPSA) is 119 Å². The Kier molecular flexibility index (Phi) is 9.19. The maximum absolute atomic E-state index is 12.8. The summed E-state index contributed by atoms with van der Waals surface area (Å²) in [4.78, 5) is 16.8. The highest BCUT2D eigenvalue weighted by Crippen LogP contribution is 2.29. The Morgan fingerprint density at radius 2 is 1.93 bits per heavy atom. The van der Waals surface area contributed by atoms with E-state index in [4.69, 9.17) is 14.6 Å². The van der Waals surface area contributed by atoms with Crippen LogP contribution in [0.25, 0.3) is 0 Å². The highest BCUT2D eigenvalue weighted by molar-refractivity contribution is 7.89. The average Bonchev–Trinajstić information content (AvgIpc) is 2.62. The molecule has 12 heteroatoms. The Bertz CT molecular complexity index is 724. The van der Waals surface area contributed by atoms with Gasteiger partial charge >= 0.3 is 6.16 Å². The lowest BCUT2D eigenvalue weighted by molar-refractivity contribution is 0.131. The molecule has 1 N–H and O–H groups in total. The molecule has 2 heterocycles. The molecule has 27 heavy (non-hydrogen) atoms. The van der Waals surface area contributed by atoms with Crippen LogP contribution in [0.3, 0.4) is 0 Å². The third kappa shape index (κ3) is 6.18. The van der Waals surface area contributed by atoms with Gasteiger partial charge in [-0.15, -0.1) is 12.4 Å². The standard InChI is InChI=1S/C15H23N3O7S.ClH/c1-3-17-4-6-18(7-5-17)26(21,22)12-10-13(25-15(19)20)14(16-11-12)24-9-8-23-2;/h10-11H,3-9H2,1-2H3,(H,19,20);1H. The van der Waals surface area contributed by atoms with Crippen LogP contribution in [0.15, 0.2) is 17.2 Å². The number of halogens is 1. The second-order valence-corrected chi connectivity index (χ2v) is 7.46. The zero-order valence-electron chi connectivity index (χ0n) is 15.2. The van der Waals surface area contributed by atoms with Gasteiger partial charge in [0.25, 0.3) is 5.88 Å². The van der Waals surface area contributed by atoms with E-state index in [1.54, 1.807) is 0 Å². The molecule has 0 spiro atoms. The van der Waals surface area contributed by atoms with Crippen molar-refractivity contribution in [1.29, 1.82) is 0 Å². The summed E-state index contributed by atoms with van der Waals surface area (Å²) in [6, 6.07) is 1.12. The molecule has 1 aromatic rings. The van der Waals surface area contributed by atoms with Crippen LogP contribution in [-0.2, 0) is 14.8 Å². The lowest BCUT2D eigenvalue weighted by Gasteiger charge is -2.33. The smallest absolute Gasteiger partial charge is 0.473 e. The third-order valence-electron chi connectivity index (χ3n) is 3.93. The Hall–Kier alpha value is -1.66. The van der Waals surface area contributed by atoms with E-state index in [0.717, 1.165) is 18.8 Å². The van der Waals surface area contributed by atoms with Gasteiger partial charge in [0.15, 0.2) is 5.75 Å². The quantitative estimate of drug-likeness (QED) is 0.478. The van der Waals surface area contributed by atoms with Crippen molar-refractivity contribution in [2.45, 2.75) is 11.8 Å². The van der Waals surface area contributed by atoms with Crippen LogP contribution in [0.4, 0.5) is 4.79 Å². The average molecular weight is 426 g/mol. The number of ether oxygens (including phenoxy) is 3. The molecule has 0 aromatic carbocycles. The molecule has 1 aromatic heterocycles. The van der Waals surface area contributed by atoms with E-state index >= 15 is 0 Å². The van der Waals surface area contributed by atoms with Crippen LogP contribution >= 0.6 is 12.4 Å². The molecular weight excluding hydrogens is 402 g/mol. The number of carbonyl (C=O) groups is 1. The van der Waals surface area contributed by atoms with Crippen molar-refractivity contribution < 1.29 is 32.5 Å². The van der Waals surface area contributed by atoms with E-state index in [9.17, 15) is 13.2 Å². The number of hydrogen-bond acceptors (Lipinski definition) is 8. The minimum Gasteiger partial charge on any atom is -0.473 e. The molecule has 1 fully saturated rings. The normalized spacial score (nSPS) is 15.8. The predicted octanol–water partition coefficient (Wildman–Crippen LogP) is 0.912.